The van der Waals surface area contributed by atoms with Gasteiger partial charge >= 0.3 is 0 Å². The molecule has 0 spiro atoms. The van der Waals surface area contributed by atoms with Crippen LogP contribution in [0.2, 0.25) is 0 Å². The van der Waals surface area contributed by atoms with Gasteiger partial charge in [-0.25, -0.2) is 0 Å². The van der Waals surface area contributed by atoms with E-state index >= 15 is 0 Å². The van der Waals surface area contributed by atoms with Gasteiger partial charge < -0.3 is 89.9 Å². The highest BCUT2D eigenvalue weighted by Gasteiger charge is 2.54. The van der Waals surface area contributed by atoms with E-state index in [-0.39, 0.29) is 18.9 Å². The Labute approximate surface area is 690 Å². The molecular weight excluding hydrogens is 1440 g/mol. The van der Waals surface area contributed by atoms with Crippen LogP contribution in [-0.4, -0.2) is 193 Å². The first kappa shape index (κ1) is 104. The van der Waals surface area contributed by atoms with Crippen molar-refractivity contribution in [2.45, 2.75) is 433 Å². The van der Waals surface area contributed by atoms with Gasteiger partial charge in [0, 0.05) is 6.42 Å². The van der Waals surface area contributed by atoms with E-state index in [1.165, 1.54) is 193 Å². The van der Waals surface area contributed by atoms with E-state index in [2.05, 4.69) is 141 Å². The Bertz CT molecular complexity index is 2580. The molecule has 12 N–H and O–H groups in total. The number of hydrogen-bond acceptors (Lipinski definition) is 18. The van der Waals surface area contributed by atoms with E-state index in [1.54, 1.807) is 6.08 Å². The van der Waals surface area contributed by atoms with Crippen molar-refractivity contribution in [2.75, 3.05) is 26.4 Å². The van der Waals surface area contributed by atoms with Crippen LogP contribution in [0.3, 0.4) is 0 Å². The normalized spacial score (nSPS) is 25.4. The van der Waals surface area contributed by atoms with Crippen molar-refractivity contribution >= 4 is 5.91 Å². The molecule has 0 aromatic carbocycles. The van der Waals surface area contributed by atoms with Crippen LogP contribution in [0, 0.1) is 0 Å². The van der Waals surface area contributed by atoms with E-state index in [4.69, 9.17) is 28.4 Å². The third kappa shape index (κ3) is 50.8. The molecule has 0 radical (unpaired) electrons. The molecule has 17 atom stereocenters. The number of carbonyl (C=O) groups excluding carboxylic acids is 1. The molecule has 3 aliphatic heterocycles. The molecule has 3 aliphatic rings. The molecule has 0 aliphatic carbocycles. The average Bonchev–Trinajstić information content (AvgIpc) is 0.782. The fourth-order valence-corrected chi connectivity index (χ4v) is 14.5. The van der Waals surface area contributed by atoms with E-state index in [9.17, 15) is 61.0 Å². The summed E-state index contributed by atoms with van der Waals surface area (Å²) in [7, 11) is 0. The first-order chi connectivity index (χ1) is 55.8. The molecule has 3 saturated heterocycles. The maximum atomic E-state index is 13.5. The summed E-state index contributed by atoms with van der Waals surface area (Å²) in [5.74, 6) is -0.290. The SMILES string of the molecule is CC/C=C\C/C=C\C/C=C\C/C=C\C/C=C\C/C=C\C/C=C\C/C=C\CCCCCCCCCCCCCCCCCCC(=O)NC(COC1OC(CO)C(OC2OC(CO)C(OC3OC(CO)C(O)C(O)C3O)C(O)C2O)C(O)C1O)C(O)/C=C/CC/C=C/CC/C=C/CCCCCCCCCCCCCCCCCCCC. The highest BCUT2D eigenvalue weighted by molar-refractivity contribution is 5.76. The topological polar surface area (TPSA) is 307 Å². The molecule has 3 rings (SSSR count). The van der Waals surface area contributed by atoms with Crippen molar-refractivity contribution in [3.05, 3.63) is 134 Å². The lowest BCUT2D eigenvalue weighted by molar-refractivity contribution is -0.379. The van der Waals surface area contributed by atoms with Crippen molar-refractivity contribution in [1.82, 2.24) is 5.32 Å². The summed E-state index contributed by atoms with van der Waals surface area (Å²) in [5, 5.41) is 121. The first-order valence-electron chi connectivity index (χ1n) is 45.4. The Hall–Kier alpha value is -4.07. The van der Waals surface area contributed by atoms with E-state index < -0.39 is 124 Å². The fraction of sp³-hybridized carbons (Fsp3) is 0.758. The van der Waals surface area contributed by atoms with Gasteiger partial charge in [-0.2, -0.15) is 0 Å². The van der Waals surface area contributed by atoms with Crippen LogP contribution in [0.4, 0.5) is 0 Å². The molecule has 114 heavy (non-hydrogen) atoms. The van der Waals surface area contributed by atoms with Gasteiger partial charge in [0.25, 0.3) is 0 Å². The molecule has 1 amide bonds. The summed E-state index contributed by atoms with van der Waals surface area (Å²) in [6.45, 7) is 1.62. The van der Waals surface area contributed by atoms with Crippen molar-refractivity contribution in [1.29, 1.82) is 0 Å². The van der Waals surface area contributed by atoms with Gasteiger partial charge in [-0.1, -0.05) is 347 Å². The number of allylic oxidation sites excluding steroid dienone is 21. The van der Waals surface area contributed by atoms with Crippen LogP contribution in [0.25, 0.3) is 0 Å². The summed E-state index contributed by atoms with van der Waals surface area (Å²) in [6, 6.07) is -1.01. The molecular formula is C95H163NO18. The molecule has 17 unspecified atom stereocenters. The van der Waals surface area contributed by atoms with Crippen LogP contribution in [-0.2, 0) is 33.2 Å². The minimum Gasteiger partial charge on any atom is -0.394 e. The Morgan fingerprint density at radius 1 is 0.325 bits per heavy atom. The Morgan fingerprint density at radius 2 is 0.614 bits per heavy atom. The Balaban J connectivity index is 1.33. The molecule has 19 heteroatoms. The lowest BCUT2D eigenvalue weighted by atomic mass is 9.96. The second kappa shape index (κ2) is 72.9. The summed E-state index contributed by atoms with van der Waals surface area (Å²) >= 11 is 0. The molecule has 0 saturated carbocycles. The molecule has 0 aromatic heterocycles. The van der Waals surface area contributed by atoms with Gasteiger partial charge in [-0.05, 0) is 109 Å². The monoisotopic (exact) mass is 1610 g/mol. The highest BCUT2D eigenvalue weighted by atomic mass is 16.8. The van der Waals surface area contributed by atoms with Gasteiger partial charge in [0.15, 0.2) is 18.9 Å². The minimum atomic E-state index is -1.99. The first-order valence-corrected chi connectivity index (χ1v) is 45.4. The predicted octanol–water partition coefficient (Wildman–Crippen LogP) is 17.6. The second-order valence-electron chi connectivity index (χ2n) is 31.7. The smallest absolute Gasteiger partial charge is 0.220 e. The molecule has 19 nitrogen and oxygen atoms in total. The number of amides is 1. The molecule has 0 bridgehead atoms. The van der Waals surface area contributed by atoms with E-state index in [0.717, 1.165) is 103 Å². The number of aliphatic hydroxyl groups is 11. The van der Waals surface area contributed by atoms with Gasteiger partial charge in [0.1, 0.15) is 73.2 Å². The zero-order valence-electron chi connectivity index (χ0n) is 70.8. The van der Waals surface area contributed by atoms with Gasteiger partial charge in [0.05, 0.1) is 38.6 Å². The summed E-state index contributed by atoms with van der Waals surface area (Å²) in [6.07, 6.45) is 78.9. The van der Waals surface area contributed by atoms with Crippen LogP contribution >= 0.6 is 0 Å². The lowest BCUT2D eigenvalue weighted by Gasteiger charge is -2.48. The van der Waals surface area contributed by atoms with E-state index in [1.807, 2.05) is 6.08 Å². The van der Waals surface area contributed by atoms with Gasteiger partial charge in [0.2, 0.25) is 5.91 Å². The van der Waals surface area contributed by atoms with Crippen molar-refractivity contribution in [2.24, 2.45) is 0 Å². The van der Waals surface area contributed by atoms with Gasteiger partial charge in [-0.3, -0.25) is 4.79 Å². The average molecular weight is 1610 g/mol. The molecule has 656 valence electrons. The number of nitrogens with one attached hydrogen (secondary N) is 1. The summed E-state index contributed by atoms with van der Waals surface area (Å²) < 4.78 is 34.5. The summed E-state index contributed by atoms with van der Waals surface area (Å²) in [4.78, 5) is 13.5. The van der Waals surface area contributed by atoms with Crippen LogP contribution < -0.4 is 5.32 Å². The predicted molar refractivity (Wildman–Crippen MR) is 461 cm³/mol. The third-order valence-corrected chi connectivity index (χ3v) is 21.7. The number of rotatable bonds is 72. The number of hydrogen-bond donors (Lipinski definition) is 12. The maximum absolute atomic E-state index is 13.5. The quantitative estimate of drug-likeness (QED) is 0.0199. The minimum absolute atomic E-state index is 0.226. The molecule has 0 aromatic rings. The fourth-order valence-electron chi connectivity index (χ4n) is 14.5. The second-order valence-corrected chi connectivity index (χ2v) is 31.7. The maximum Gasteiger partial charge on any atom is 0.220 e. The van der Waals surface area contributed by atoms with Crippen molar-refractivity contribution in [3.8, 4) is 0 Å². The van der Waals surface area contributed by atoms with Crippen molar-refractivity contribution in [3.63, 3.8) is 0 Å². The summed E-state index contributed by atoms with van der Waals surface area (Å²) in [5.41, 5.74) is 0. The van der Waals surface area contributed by atoms with Gasteiger partial charge in [-0.15, -0.1) is 0 Å². The van der Waals surface area contributed by atoms with Crippen LogP contribution in [0.1, 0.15) is 328 Å². The largest absolute Gasteiger partial charge is 0.394 e. The molecule has 3 heterocycles. The third-order valence-electron chi connectivity index (χ3n) is 21.7. The van der Waals surface area contributed by atoms with Crippen LogP contribution in [0.15, 0.2) is 134 Å². The number of unbranched alkanes of at least 4 members (excludes halogenated alkanes) is 36. The number of aliphatic hydroxyl groups excluding tert-OH is 11. The Morgan fingerprint density at radius 3 is 0.982 bits per heavy atom. The highest BCUT2D eigenvalue weighted by Crippen LogP contribution is 2.33. The lowest BCUT2D eigenvalue weighted by Crippen LogP contribution is -2.66. The molecule has 3 fully saturated rings. The number of carbonyl (C=O) groups is 1. The van der Waals surface area contributed by atoms with E-state index in [0.29, 0.717) is 12.8 Å². The Kier molecular flexibility index (Phi) is 66.6. The van der Waals surface area contributed by atoms with Crippen molar-refractivity contribution < 1.29 is 89.4 Å². The zero-order chi connectivity index (χ0) is 82.4. The standard InChI is InChI=1S/C95H163NO18/c1-3-5-7-9-11-13-15-17-19-21-23-25-27-29-31-33-34-35-36-37-38-39-40-41-42-43-44-45-47-49-51-53-55-57-59-61-63-65-67-69-71-73-83(101)96-78(79(100)72-70-68-66-64-62-60-58-56-54-52-50-48-46-32-30-28-26-24-22-20-18-16-14-12-10-8-6-4-2)77-109-93-89(107)86(104)91(81(75-98)111-93)114-95-90(108)87(105)92(82(76-99)112-95)113-94-88(106)85(103)84(102)80(74-97)110-94/h5,7,11,13,17,19,23,25,29,31,34-35,37-38,40-41,54,56,62,64,70,72,78-82,84-95,97-100,102-108H,3-4,6,8-10,12,14-16,18,20-22,24,26-28,30,32-33,36,39,42-53,55,57-61,63,65-69,71,73-77H2,1-2H3,(H,96,101)/b7-5-,13-11-,19-17-,25-23-,31-29-,35-34-,38-37-,41-40-,56-54+,64-62+,72-70+. The number of ether oxygens (including phenoxy) is 6. The zero-order valence-corrected chi connectivity index (χ0v) is 70.8. The van der Waals surface area contributed by atoms with Crippen LogP contribution in [0.5, 0.6) is 0 Å².